The molecule has 0 saturated heterocycles. The van der Waals surface area contributed by atoms with E-state index in [0.717, 1.165) is 22.1 Å². The molecule has 2 aromatic rings. The van der Waals surface area contributed by atoms with E-state index in [1.165, 1.54) is 0 Å². The van der Waals surface area contributed by atoms with E-state index >= 15 is 0 Å². The third-order valence-electron chi connectivity index (χ3n) is 3.05. The predicted molar refractivity (Wildman–Crippen MR) is 80.0 cm³/mol. The number of anilines is 1. The number of phenols is 1. The number of aromatic nitrogens is 2. The minimum absolute atomic E-state index is 0.179. The van der Waals surface area contributed by atoms with Gasteiger partial charge in [0.05, 0.1) is 0 Å². The lowest BCUT2D eigenvalue weighted by molar-refractivity contribution is 0.174. The van der Waals surface area contributed by atoms with E-state index in [9.17, 15) is 5.11 Å². The highest BCUT2D eigenvalue weighted by Gasteiger charge is 2.17. The van der Waals surface area contributed by atoms with Gasteiger partial charge in [-0.3, -0.25) is 0 Å². The Morgan fingerprint density at radius 2 is 2.05 bits per heavy atom. The highest BCUT2D eigenvalue weighted by Crippen LogP contribution is 2.37. The zero-order valence-electron chi connectivity index (χ0n) is 11.9. The molecule has 0 fully saturated rings. The molecule has 0 radical (unpaired) electrons. The molecule has 21 heavy (non-hydrogen) atoms. The molecule has 0 unspecified atom stereocenters. The summed E-state index contributed by atoms with van der Waals surface area (Å²) in [5.41, 5.74) is 0.736. The SMILES string of the molecule is CC(C)Cc1nnc(NCc2cc3c(cc2O)OCO3)s1. The van der Waals surface area contributed by atoms with Gasteiger partial charge >= 0.3 is 0 Å². The molecule has 6 nitrogen and oxygen atoms in total. The molecule has 0 aliphatic carbocycles. The summed E-state index contributed by atoms with van der Waals surface area (Å²) >= 11 is 1.54. The van der Waals surface area contributed by atoms with E-state index in [1.54, 1.807) is 23.5 Å². The number of hydrogen-bond donors (Lipinski definition) is 2. The molecule has 1 aliphatic heterocycles. The van der Waals surface area contributed by atoms with Crippen molar-refractivity contribution in [2.75, 3.05) is 12.1 Å². The first-order valence-electron chi connectivity index (χ1n) is 6.79. The highest BCUT2D eigenvalue weighted by molar-refractivity contribution is 7.15. The molecule has 0 spiro atoms. The first-order chi connectivity index (χ1) is 10.1. The molecule has 112 valence electrons. The lowest BCUT2D eigenvalue weighted by Crippen LogP contribution is -1.99. The van der Waals surface area contributed by atoms with Gasteiger partial charge in [-0.15, -0.1) is 10.2 Å². The van der Waals surface area contributed by atoms with Crippen molar-refractivity contribution >= 4 is 16.5 Å². The average molecular weight is 307 g/mol. The number of rotatable bonds is 5. The molecule has 2 heterocycles. The minimum Gasteiger partial charge on any atom is -0.507 e. The first kappa shape index (κ1) is 13.9. The third kappa shape index (κ3) is 3.18. The maximum atomic E-state index is 9.97. The maximum absolute atomic E-state index is 9.97. The van der Waals surface area contributed by atoms with Gasteiger partial charge < -0.3 is 19.9 Å². The van der Waals surface area contributed by atoms with Gasteiger partial charge in [0.25, 0.3) is 0 Å². The summed E-state index contributed by atoms with van der Waals surface area (Å²) in [7, 11) is 0. The number of hydrogen-bond acceptors (Lipinski definition) is 7. The van der Waals surface area contributed by atoms with Gasteiger partial charge in [0, 0.05) is 24.6 Å². The van der Waals surface area contributed by atoms with Crippen molar-refractivity contribution < 1.29 is 14.6 Å². The van der Waals surface area contributed by atoms with Crippen LogP contribution in [0.25, 0.3) is 0 Å². The Hall–Kier alpha value is -2.02. The molecule has 0 amide bonds. The lowest BCUT2D eigenvalue weighted by Gasteiger charge is -2.06. The molecule has 1 aliphatic rings. The Morgan fingerprint density at radius 1 is 1.29 bits per heavy atom. The Kier molecular flexibility index (Phi) is 3.83. The molecule has 7 heteroatoms. The fourth-order valence-corrected chi connectivity index (χ4v) is 2.99. The quantitative estimate of drug-likeness (QED) is 0.884. The highest BCUT2D eigenvalue weighted by atomic mass is 32.1. The summed E-state index contributed by atoms with van der Waals surface area (Å²) in [4.78, 5) is 0. The number of aromatic hydroxyl groups is 1. The molecule has 0 atom stereocenters. The molecular weight excluding hydrogens is 290 g/mol. The van der Waals surface area contributed by atoms with Crippen LogP contribution in [-0.2, 0) is 13.0 Å². The molecule has 0 bridgehead atoms. The smallest absolute Gasteiger partial charge is 0.231 e. The fraction of sp³-hybridized carbons (Fsp3) is 0.429. The molecule has 2 N–H and O–H groups in total. The van der Waals surface area contributed by atoms with Crippen LogP contribution < -0.4 is 14.8 Å². The number of fused-ring (bicyclic) bond motifs is 1. The van der Waals surface area contributed by atoms with E-state index in [-0.39, 0.29) is 12.5 Å². The molecule has 0 saturated carbocycles. The van der Waals surface area contributed by atoms with Crippen LogP contribution in [0.4, 0.5) is 5.13 Å². The van der Waals surface area contributed by atoms with E-state index in [4.69, 9.17) is 9.47 Å². The van der Waals surface area contributed by atoms with Crippen molar-refractivity contribution in [2.45, 2.75) is 26.8 Å². The standard InChI is InChI=1S/C14H17N3O3S/c1-8(2)3-13-16-17-14(21-13)15-6-9-4-11-12(5-10(9)18)20-7-19-11/h4-5,8,18H,3,6-7H2,1-2H3,(H,15,17). The number of nitrogens with one attached hydrogen (secondary N) is 1. The zero-order valence-corrected chi connectivity index (χ0v) is 12.7. The van der Waals surface area contributed by atoms with Crippen molar-refractivity contribution in [3.05, 3.63) is 22.7 Å². The summed E-state index contributed by atoms with van der Waals surface area (Å²) in [5, 5.41) is 23.2. The Bertz CT molecular complexity index is 642. The topological polar surface area (TPSA) is 76.5 Å². The van der Waals surface area contributed by atoms with Crippen LogP contribution in [-0.4, -0.2) is 22.1 Å². The zero-order chi connectivity index (χ0) is 14.8. The van der Waals surface area contributed by atoms with Crippen molar-refractivity contribution in [3.8, 4) is 17.2 Å². The maximum Gasteiger partial charge on any atom is 0.231 e. The molecule has 1 aromatic heterocycles. The predicted octanol–water partition coefficient (Wildman–Crippen LogP) is 2.78. The second-order valence-electron chi connectivity index (χ2n) is 5.29. The van der Waals surface area contributed by atoms with Gasteiger partial charge in [0.1, 0.15) is 10.8 Å². The van der Waals surface area contributed by atoms with Crippen LogP contribution in [0.2, 0.25) is 0 Å². The summed E-state index contributed by atoms with van der Waals surface area (Å²) in [5.74, 6) is 1.97. The minimum atomic E-state index is 0.179. The summed E-state index contributed by atoms with van der Waals surface area (Å²) < 4.78 is 10.5. The number of phenolic OH excluding ortho intramolecular Hbond substituents is 1. The lowest BCUT2D eigenvalue weighted by atomic mass is 10.1. The number of ether oxygens (including phenoxy) is 2. The first-order valence-corrected chi connectivity index (χ1v) is 7.61. The summed E-state index contributed by atoms with van der Waals surface area (Å²) in [6.45, 7) is 4.96. The fourth-order valence-electron chi connectivity index (χ4n) is 2.04. The average Bonchev–Trinajstić information content (AvgIpc) is 3.04. The van der Waals surface area contributed by atoms with Crippen molar-refractivity contribution in [3.63, 3.8) is 0 Å². The van der Waals surface area contributed by atoms with Crippen LogP contribution in [0.5, 0.6) is 17.2 Å². The van der Waals surface area contributed by atoms with Crippen LogP contribution in [0.3, 0.4) is 0 Å². The number of nitrogens with zero attached hydrogens (tertiary/aromatic N) is 2. The monoisotopic (exact) mass is 307 g/mol. The van der Waals surface area contributed by atoms with E-state index in [0.29, 0.717) is 24.0 Å². The molecule has 1 aromatic carbocycles. The van der Waals surface area contributed by atoms with Crippen LogP contribution in [0.15, 0.2) is 12.1 Å². The number of benzene rings is 1. The Morgan fingerprint density at radius 3 is 2.81 bits per heavy atom. The Balaban J connectivity index is 1.66. The Labute approximate surface area is 126 Å². The van der Waals surface area contributed by atoms with Crippen molar-refractivity contribution in [2.24, 2.45) is 5.92 Å². The summed E-state index contributed by atoms with van der Waals surface area (Å²) in [6, 6.07) is 3.35. The normalized spacial score (nSPS) is 12.9. The van der Waals surface area contributed by atoms with Crippen LogP contribution >= 0.6 is 11.3 Å². The van der Waals surface area contributed by atoms with Crippen LogP contribution in [0.1, 0.15) is 24.4 Å². The van der Waals surface area contributed by atoms with Gasteiger partial charge in [-0.1, -0.05) is 25.2 Å². The second kappa shape index (κ2) is 5.77. The van der Waals surface area contributed by atoms with E-state index < -0.39 is 0 Å². The van der Waals surface area contributed by atoms with Gasteiger partial charge in [-0.25, -0.2) is 0 Å². The van der Waals surface area contributed by atoms with Crippen molar-refractivity contribution in [1.29, 1.82) is 0 Å². The molecule has 3 rings (SSSR count). The van der Waals surface area contributed by atoms with Gasteiger partial charge in [0.2, 0.25) is 11.9 Å². The third-order valence-corrected chi connectivity index (χ3v) is 3.96. The summed E-state index contributed by atoms with van der Waals surface area (Å²) in [6.07, 6.45) is 0.925. The van der Waals surface area contributed by atoms with E-state index in [1.807, 2.05) is 0 Å². The van der Waals surface area contributed by atoms with Crippen LogP contribution in [0, 0.1) is 5.92 Å². The molecular formula is C14H17N3O3S. The van der Waals surface area contributed by atoms with Gasteiger partial charge in [-0.2, -0.15) is 0 Å². The van der Waals surface area contributed by atoms with Gasteiger partial charge in [0.15, 0.2) is 11.5 Å². The van der Waals surface area contributed by atoms with Crippen molar-refractivity contribution in [1.82, 2.24) is 10.2 Å². The largest absolute Gasteiger partial charge is 0.507 e. The van der Waals surface area contributed by atoms with Gasteiger partial charge in [-0.05, 0) is 12.0 Å². The van der Waals surface area contributed by atoms with E-state index in [2.05, 4.69) is 29.4 Å². The second-order valence-corrected chi connectivity index (χ2v) is 6.35.